The van der Waals surface area contributed by atoms with E-state index >= 15 is 0 Å². The van der Waals surface area contributed by atoms with Crippen molar-refractivity contribution < 1.29 is 18.9 Å². The molecule has 0 aliphatic rings. The first kappa shape index (κ1) is 30.4. The molecule has 0 unspecified atom stereocenters. The number of rotatable bonds is 22. The Labute approximate surface area is 222 Å². The van der Waals surface area contributed by atoms with Gasteiger partial charge in [-0.2, -0.15) is 0 Å². The predicted octanol–water partition coefficient (Wildman–Crippen LogP) is 8.76. The Hall–Kier alpha value is -2.83. The highest BCUT2D eigenvalue weighted by atomic mass is 16.6. The molecule has 2 rings (SSSR count). The molecular formula is C30H46N2O5. The van der Waals surface area contributed by atoms with E-state index in [0.717, 1.165) is 12.8 Å². The number of non-ortho nitro benzene ring substituents is 1. The summed E-state index contributed by atoms with van der Waals surface area (Å²) in [6.07, 6.45) is 21.2. The summed E-state index contributed by atoms with van der Waals surface area (Å²) < 4.78 is 11.1. The average molecular weight is 515 g/mol. The number of hydrogen-bond acceptors (Lipinski definition) is 5. The Kier molecular flexibility index (Phi) is 15.9. The first-order valence-corrected chi connectivity index (χ1v) is 14.3. The fraction of sp³-hybridized carbons (Fsp3) is 0.633. The molecule has 0 fully saturated rings. The molecule has 1 amide bonds. The zero-order chi connectivity index (χ0) is 26.6. The summed E-state index contributed by atoms with van der Waals surface area (Å²) in [5.74, 6) is 1.06. The van der Waals surface area contributed by atoms with E-state index in [1.807, 2.05) is 0 Å². The van der Waals surface area contributed by atoms with Gasteiger partial charge in [0, 0.05) is 18.7 Å². The minimum Gasteiger partial charge on any atom is -0.486 e. The van der Waals surface area contributed by atoms with Gasteiger partial charge in [0.05, 0.1) is 4.92 Å². The van der Waals surface area contributed by atoms with Crippen molar-refractivity contribution in [2.45, 2.75) is 116 Å². The third-order valence-corrected chi connectivity index (χ3v) is 6.63. The molecule has 37 heavy (non-hydrogen) atoms. The maximum Gasteiger partial charge on any atom is 0.286 e. The number of benzene rings is 1. The summed E-state index contributed by atoms with van der Waals surface area (Å²) in [7, 11) is 0. The molecular weight excluding hydrogens is 468 g/mol. The van der Waals surface area contributed by atoms with E-state index < -0.39 is 4.92 Å². The van der Waals surface area contributed by atoms with Crippen LogP contribution in [0.3, 0.4) is 0 Å². The molecule has 1 heterocycles. The lowest BCUT2D eigenvalue weighted by Gasteiger charge is -2.05. The van der Waals surface area contributed by atoms with Crippen LogP contribution < -0.4 is 10.1 Å². The second-order valence-electron chi connectivity index (χ2n) is 9.86. The van der Waals surface area contributed by atoms with Gasteiger partial charge in [-0.15, -0.1) is 0 Å². The van der Waals surface area contributed by atoms with E-state index in [9.17, 15) is 14.9 Å². The van der Waals surface area contributed by atoms with Gasteiger partial charge in [0.1, 0.15) is 18.1 Å². The van der Waals surface area contributed by atoms with Crippen molar-refractivity contribution in [3.63, 3.8) is 0 Å². The number of nitro groups is 1. The summed E-state index contributed by atoms with van der Waals surface area (Å²) in [4.78, 5) is 22.5. The fourth-order valence-electron chi connectivity index (χ4n) is 4.36. The van der Waals surface area contributed by atoms with Crippen molar-refractivity contribution in [1.29, 1.82) is 0 Å². The first-order chi connectivity index (χ1) is 18.1. The fourth-order valence-corrected chi connectivity index (χ4v) is 4.36. The Morgan fingerprint density at radius 2 is 1.30 bits per heavy atom. The normalized spacial score (nSPS) is 10.9. The lowest BCUT2D eigenvalue weighted by molar-refractivity contribution is -0.384. The zero-order valence-electron chi connectivity index (χ0n) is 22.7. The molecule has 0 radical (unpaired) electrons. The zero-order valence-corrected chi connectivity index (χ0v) is 22.7. The number of carbonyl (C=O) groups is 1. The van der Waals surface area contributed by atoms with E-state index in [0.29, 0.717) is 18.1 Å². The molecule has 0 spiro atoms. The lowest BCUT2D eigenvalue weighted by atomic mass is 10.0. The molecule has 7 heteroatoms. The van der Waals surface area contributed by atoms with Gasteiger partial charge in [-0.3, -0.25) is 14.9 Å². The Morgan fingerprint density at radius 1 is 0.784 bits per heavy atom. The van der Waals surface area contributed by atoms with Gasteiger partial charge < -0.3 is 14.5 Å². The highest BCUT2D eigenvalue weighted by molar-refractivity contribution is 5.91. The molecule has 1 aromatic heterocycles. The average Bonchev–Trinajstić information content (AvgIpc) is 3.38. The summed E-state index contributed by atoms with van der Waals surface area (Å²) >= 11 is 0. The third kappa shape index (κ3) is 13.9. The number of furan rings is 1. The molecule has 0 aliphatic heterocycles. The van der Waals surface area contributed by atoms with Gasteiger partial charge in [0.15, 0.2) is 5.76 Å². The third-order valence-electron chi connectivity index (χ3n) is 6.63. The van der Waals surface area contributed by atoms with Gasteiger partial charge in [-0.25, -0.2) is 0 Å². The maximum atomic E-state index is 12.3. The minimum absolute atomic E-state index is 0.00801. The molecule has 0 atom stereocenters. The SMILES string of the molecule is CCCCCCCCCCCCCCCCCCNC(=O)c1ccc(COc2ccc([N+](=O)[O-])cc2)o1. The van der Waals surface area contributed by atoms with Gasteiger partial charge in [-0.1, -0.05) is 103 Å². The predicted molar refractivity (Wildman–Crippen MR) is 148 cm³/mol. The summed E-state index contributed by atoms with van der Waals surface area (Å²) in [6.45, 7) is 3.06. The molecule has 2 aromatic rings. The van der Waals surface area contributed by atoms with Crippen LogP contribution in [0.15, 0.2) is 40.8 Å². The Bertz CT molecular complexity index is 878. The molecule has 7 nitrogen and oxygen atoms in total. The monoisotopic (exact) mass is 514 g/mol. The maximum absolute atomic E-state index is 12.3. The van der Waals surface area contributed by atoms with Crippen molar-refractivity contribution in [3.05, 3.63) is 58.0 Å². The number of carbonyl (C=O) groups excluding carboxylic acids is 1. The van der Waals surface area contributed by atoms with Crippen molar-refractivity contribution >= 4 is 11.6 Å². The van der Waals surface area contributed by atoms with Gasteiger partial charge in [0.25, 0.3) is 11.6 Å². The van der Waals surface area contributed by atoms with Crippen LogP contribution in [0.5, 0.6) is 5.75 Å². The van der Waals surface area contributed by atoms with Crippen LogP contribution >= 0.6 is 0 Å². The number of nitro benzene ring substituents is 1. The standard InChI is InChI=1S/C30H46N2O5/c1-2-3-4-5-6-7-8-9-10-11-12-13-14-15-16-17-24-31-30(33)29-23-22-28(37-29)25-36-27-20-18-26(19-21-27)32(34)35/h18-23H,2-17,24-25H2,1H3,(H,31,33). The number of amides is 1. The van der Waals surface area contributed by atoms with Gasteiger partial charge >= 0.3 is 0 Å². The second kappa shape index (κ2) is 19.3. The van der Waals surface area contributed by atoms with Crippen LogP contribution in [0.1, 0.15) is 126 Å². The number of nitrogens with zero attached hydrogens (tertiary/aromatic N) is 1. The molecule has 1 aromatic carbocycles. The van der Waals surface area contributed by atoms with E-state index in [4.69, 9.17) is 9.15 Å². The van der Waals surface area contributed by atoms with Gasteiger partial charge in [0.2, 0.25) is 0 Å². The second-order valence-corrected chi connectivity index (χ2v) is 9.86. The number of nitrogens with one attached hydrogen (secondary N) is 1. The molecule has 206 valence electrons. The van der Waals surface area contributed by atoms with E-state index in [2.05, 4.69) is 12.2 Å². The molecule has 0 aliphatic carbocycles. The minimum atomic E-state index is -0.457. The molecule has 0 saturated heterocycles. The largest absolute Gasteiger partial charge is 0.486 e. The van der Waals surface area contributed by atoms with Crippen molar-refractivity contribution in [3.8, 4) is 5.75 Å². The van der Waals surface area contributed by atoms with E-state index in [-0.39, 0.29) is 24.0 Å². The van der Waals surface area contributed by atoms with Crippen molar-refractivity contribution in [2.24, 2.45) is 0 Å². The highest BCUT2D eigenvalue weighted by Crippen LogP contribution is 2.19. The molecule has 0 bridgehead atoms. The summed E-state index contributed by atoms with van der Waals surface area (Å²) in [5, 5.41) is 13.6. The summed E-state index contributed by atoms with van der Waals surface area (Å²) in [6, 6.07) is 9.18. The highest BCUT2D eigenvalue weighted by Gasteiger charge is 2.11. The number of unbranched alkanes of at least 4 members (excludes halogenated alkanes) is 15. The van der Waals surface area contributed by atoms with Crippen LogP contribution in [-0.2, 0) is 6.61 Å². The van der Waals surface area contributed by atoms with Crippen LogP contribution in [-0.4, -0.2) is 17.4 Å². The molecule has 1 N–H and O–H groups in total. The van der Waals surface area contributed by atoms with Crippen LogP contribution in [0.25, 0.3) is 0 Å². The van der Waals surface area contributed by atoms with Crippen molar-refractivity contribution in [2.75, 3.05) is 6.54 Å². The Balaban J connectivity index is 1.42. The number of hydrogen-bond donors (Lipinski definition) is 1. The van der Waals surface area contributed by atoms with Crippen LogP contribution in [0.2, 0.25) is 0 Å². The van der Waals surface area contributed by atoms with Crippen LogP contribution in [0.4, 0.5) is 5.69 Å². The van der Waals surface area contributed by atoms with Crippen LogP contribution in [0, 0.1) is 10.1 Å². The lowest BCUT2D eigenvalue weighted by Crippen LogP contribution is -2.23. The summed E-state index contributed by atoms with van der Waals surface area (Å²) in [5.41, 5.74) is 0.00801. The van der Waals surface area contributed by atoms with E-state index in [1.165, 1.54) is 114 Å². The van der Waals surface area contributed by atoms with Crippen molar-refractivity contribution in [1.82, 2.24) is 5.32 Å². The quantitative estimate of drug-likeness (QED) is 0.0962. The first-order valence-electron chi connectivity index (χ1n) is 14.3. The smallest absolute Gasteiger partial charge is 0.286 e. The number of ether oxygens (including phenoxy) is 1. The topological polar surface area (TPSA) is 94.6 Å². The Morgan fingerprint density at radius 3 is 1.81 bits per heavy atom. The molecule has 0 saturated carbocycles. The van der Waals surface area contributed by atoms with E-state index in [1.54, 1.807) is 12.1 Å². The van der Waals surface area contributed by atoms with Gasteiger partial charge in [-0.05, 0) is 30.7 Å².